The number of rotatable bonds is 5. The van der Waals surface area contributed by atoms with E-state index in [1.54, 1.807) is 24.3 Å². The number of ether oxygens (including phenoxy) is 1. The van der Waals surface area contributed by atoms with Crippen LogP contribution in [0.15, 0.2) is 48.5 Å². The SMILES string of the molecule is COC(=O)Cc1cc(-c2nc3ccc(C(=N)N)cc3[nH]2)c(O)c(-c2cc(F)ccc2O)c1. The van der Waals surface area contributed by atoms with Crippen molar-refractivity contribution in [2.75, 3.05) is 7.11 Å². The molecule has 4 aromatic rings. The van der Waals surface area contributed by atoms with Gasteiger partial charge in [0.1, 0.15) is 29.0 Å². The van der Waals surface area contributed by atoms with E-state index in [9.17, 15) is 19.4 Å². The molecule has 0 amide bonds. The highest BCUT2D eigenvalue weighted by Crippen LogP contribution is 2.42. The largest absolute Gasteiger partial charge is 0.507 e. The molecule has 0 aliphatic heterocycles. The van der Waals surface area contributed by atoms with E-state index < -0.39 is 11.8 Å². The number of nitrogens with one attached hydrogen (secondary N) is 2. The number of carbonyl (C=O) groups excluding carboxylic acids is 1. The summed E-state index contributed by atoms with van der Waals surface area (Å²) >= 11 is 0. The van der Waals surface area contributed by atoms with Crippen molar-refractivity contribution in [3.63, 3.8) is 0 Å². The number of aromatic hydroxyl groups is 2. The maximum absolute atomic E-state index is 13.9. The van der Waals surface area contributed by atoms with E-state index >= 15 is 0 Å². The van der Waals surface area contributed by atoms with E-state index in [-0.39, 0.29) is 46.3 Å². The van der Waals surface area contributed by atoms with E-state index in [1.807, 2.05) is 0 Å². The van der Waals surface area contributed by atoms with E-state index in [4.69, 9.17) is 15.9 Å². The second-order valence-electron chi connectivity index (χ2n) is 7.18. The van der Waals surface area contributed by atoms with Crippen molar-refractivity contribution in [2.24, 2.45) is 5.73 Å². The Morgan fingerprint density at radius 2 is 1.88 bits per heavy atom. The van der Waals surface area contributed by atoms with Gasteiger partial charge in [-0.15, -0.1) is 0 Å². The highest BCUT2D eigenvalue weighted by molar-refractivity contribution is 5.98. The molecule has 0 unspecified atom stereocenters. The van der Waals surface area contributed by atoms with Crippen LogP contribution in [0.25, 0.3) is 33.5 Å². The van der Waals surface area contributed by atoms with Gasteiger partial charge in [0.2, 0.25) is 0 Å². The van der Waals surface area contributed by atoms with Crippen LogP contribution in [0.2, 0.25) is 0 Å². The number of nitrogens with two attached hydrogens (primary N) is 1. The number of hydrogen-bond donors (Lipinski definition) is 5. The number of halogens is 1. The zero-order chi connectivity index (χ0) is 23.0. The summed E-state index contributed by atoms with van der Waals surface area (Å²) in [4.78, 5) is 19.4. The van der Waals surface area contributed by atoms with Gasteiger partial charge >= 0.3 is 5.97 Å². The highest BCUT2D eigenvalue weighted by atomic mass is 19.1. The number of H-pyrrole nitrogens is 1. The van der Waals surface area contributed by atoms with Crippen LogP contribution in [-0.2, 0) is 16.0 Å². The van der Waals surface area contributed by atoms with Crippen LogP contribution < -0.4 is 5.73 Å². The van der Waals surface area contributed by atoms with Crippen LogP contribution in [0.3, 0.4) is 0 Å². The van der Waals surface area contributed by atoms with Gasteiger partial charge in [-0.1, -0.05) is 0 Å². The number of nitrogen functional groups attached to an aromatic ring is 1. The van der Waals surface area contributed by atoms with Gasteiger partial charge < -0.3 is 25.7 Å². The minimum absolute atomic E-state index is 0.0606. The molecule has 6 N–H and O–H groups in total. The summed E-state index contributed by atoms with van der Waals surface area (Å²) in [7, 11) is 1.26. The Morgan fingerprint density at radius 1 is 1.12 bits per heavy atom. The topological polar surface area (TPSA) is 145 Å². The molecule has 0 radical (unpaired) electrons. The number of benzene rings is 3. The van der Waals surface area contributed by atoms with Crippen LogP contribution in [0, 0.1) is 11.2 Å². The lowest BCUT2D eigenvalue weighted by Gasteiger charge is -2.13. The van der Waals surface area contributed by atoms with Gasteiger partial charge in [0, 0.05) is 16.7 Å². The van der Waals surface area contributed by atoms with Gasteiger partial charge in [0.25, 0.3) is 0 Å². The molecule has 0 atom stereocenters. The van der Waals surface area contributed by atoms with E-state index in [1.165, 1.54) is 19.2 Å². The zero-order valence-electron chi connectivity index (χ0n) is 16.9. The molecule has 0 saturated heterocycles. The molecule has 0 aliphatic rings. The fourth-order valence-corrected chi connectivity index (χ4v) is 3.45. The maximum atomic E-state index is 13.9. The zero-order valence-corrected chi connectivity index (χ0v) is 16.9. The number of nitrogens with zero attached hydrogens (tertiary/aromatic N) is 1. The third kappa shape index (κ3) is 3.83. The summed E-state index contributed by atoms with van der Waals surface area (Å²) in [6.07, 6.45) is -0.110. The van der Waals surface area contributed by atoms with Crippen LogP contribution in [0.1, 0.15) is 11.1 Å². The Bertz CT molecular complexity index is 1380. The van der Waals surface area contributed by atoms with Crippen molar-refractivity contribution in [1.82, 2.24) is 9.97 Å². The first-order valence-electron chi connectivity index (χ1n) is 9.53. The van der Waals surface area contributed by atoms with Gasteiger partial charge in [0.05, 0.1) is 30.1 Å². The van der Waals surface area contributed by atoms with Gasteiger partial charge in [-0.25, -0.2) is 9.37 Å². The molecule has 8 nitrogen and oxygen atoms in total. The highest BCUT2D eigenvalue weighted by Gasteiger charge is 2.20. The second kappa shape index (κ2) is 8.03. The normalized spacial score (nSPS) is 10.9. The fourth-order valence-electron chi connectivity index (χ4n) is 3.45. The molecule has 162 valence electrons. The Kier molecular flexibility index (Phi) is 5.23. The number of aromatic nitrogens is 2. The molecular formula is C23H19FN4O4. The molecule has 0 aliphatic carbocycles. The number of phenolic OH excluding ortho intramolecular Hbond substituents is 2. The first-order chi connectivity index (χ1) is 15.3. The summed E-state index contributed by atoms with van der Waals surface area (Å²) < 4.78 is 18.6. The smallest absolute Gasteiger partial charge is 0.309 e. The average Bonchev–Trinajstić information content (AvgIpc) is 3.19. The van der Waals surface area contributed by atoms with Crippen LogP contribution in [-0.4, -0.2) is 39.1 Å². The lowest BCUT2D eigenvalue weighted by Crippen LogP contribution is -2.10. The number of esters is 1. The summed E-state index contributed by atoms with van der Waals surface area (Å²) in [5, 5.41) is 28.9. The lowest BCUT2D eigenvalue weighted by molar-refractivity contribution is -0.139. The Morgan fingerprint density at radius 3 is 2.59 bits per heavy atom. The number of fused-ring (bicyclic) bond motifs is 1. The minimum Gasteiger partial charge on any atom is -0.507 e. The molecule has 0 saturated carbocycles. The number of methoxy groups -OCH3 is 1. The quantitative estimate of drug-likeness (QED) is 0.185. The van der Waals surface area contributed by atoms with E-state index in [0.29, 0.717) is 22.2 Å². The van der Waals surface area contributed by atoms with E-state index in [0.717, 1.165) is 12.1 Å². The van der Waals surface area contributed by atoms with Crippen molar-refractivity contribution in [3.05, 3.63) is 65.5 Å². The van der Waals surface area contributed by atoms with Gasteiger partial charge in [0.15, 0.2) is 0 Å². The maximum Gasteiger partial charge on any atom is 0.309 e. The molecule has 9 heteroatoms. The third-order valence-electron chi connectivity index (χ3n) is 5.04. The van der Waals surface area contributed by atoms with Crippen molar-refractivity contribution in [3.8, 4) is 34.0 Å². The predicted molar refractivity (Wildman–Crippen MR) is 117 cm³/mol. The molecule has 1 heterocycles. The first-order valence-corrected chi connectivity index (χ1v) is 9.53. The van der Waals surface area contributed by atoms with Crippen LogP contribution >= 0.6 is 0 Å². The van der Waals surface area contributed by atoms with Crippen molar-refractivity contribution in [1.29, 1.82) is 5.41 Å². The van der Waals surface area contributed by atoms with E-state index in [2.05, 4.69) is 9.97 Å². The Balaban J connectivity index is 1.94. The third-order valence-corrected chi connectivity index (χ3v) is 5.04. The van der Waals surface area contributed by atoms with Crippen molar-refractivity contribution < 1.29 is 24.1 Å². The molecule has 4 rings (SSSR count). The molecule has 0 fully saturated rings. The fraction of sp³-hybridized carbons (Fsp3) is 0.0870. The second-order valence-corrected chi connectivity index (χ2v) is 7.18. The predicted octanol–water partition coefficient (Wildman–Crippen LogP) is 3.45. The average molecular weight is 434 g/mol. The monoisotopic (exact) mass is 434 g/mol. The molecule has 3 aromatic carbocycles. The van der Waals surface area contributed by atoms with Crippen molar-refractivity contribution >= 4 is 22.8 Å². The first kappa shape index (κ1) is 20.9. The van der Waals surface area contributed by atoms with Gasteiger partial charge in [-0.3, -0.25) is 10.2 Å². The van der Waals surface area contributed by atoms with Crippen LogP contribution in [0.5, 0.6) is 11.5 Å². The Hall–Kier alpha value is -4.40. The number of phenols is 2. The van der Waals surface area contributed by atoms with Gasteiger partial charge in [-0.2, -0.15) is 0 Å². The molecule has 0 spiro atoms. The van der Waals surface area contributed by atoms with Crippen molar-refractivity contribution in [2.45, 2.75) is 6.42 Å². The lowest BCUT2D eigenvalue weighted by atomic mass is 9.96. The number of hydrogen-bond acceptors (Lipinski definition) is 6. The molecule has 0 bridgehead atoms. The van der Waals surface area contributed by atoms with Crippen LogP contribution in [0.4, 0.5) is 4.39 Å². The van der Waals surface area contributed by atoms with Gasteiger partial charge in [-0.05, 0) is 54.1 Å². The molecule has 32 heavy (non-hydrogen) atoms. The molecule has 1 aromatic heterocycles. The Labute approximate surface area is 181 Å². The number of imidazole rings is 1. The standard InChI is InChI=1S/C23H19FN4O4/c1-32-20(30)8-11-6-15(14-10-13(24)3-5-19(14)29)21(31)16(7-11)23-27-17-4-2-12(22(25)26)9-18(17)28-23/h2-7,9-10,29,31H,8H2,1H3,(H3,25,26)(H,27,28). The minimum atomic E-state index is -0.599. The number of carbonyl (C=O) groups is 1. The summed E-state index contributed by atoms with van der Waals surface area (Å²) in [5.74, 6) is -1.43. The molecular weight excluding hydrogens is 415 g/mol. The number of aromatic amines is 1. The summed E-state index contributed by atoms with van der Waals surface area (Å²) in [6.45, 7) is 0. The number of amidine groups is 1. The summed E-state index contributed by atoms with van der Waals surface area (Å²) in [5.41, 5.74) is 8.10. The summed E-state index contributed by atoms with van der Waals surface area (Å²) in [6, 6.07) is 11.4.